The number of halogens is 1. The van der Waals surface area contributed by atoms with E-state index in [0.29, 0.717) is 5.75 Å². The Labute approximate surface area is 176 Å². The highest BCUT2D eigenvalue weighted by Crippen LogP contribution is 2.33. The third-order valence-corrected chi connectivity index (χ3v) is 5.78. The fourth-order valence-electron chi connectivity index (χ4n) is 2.62. The van der Waals surface area contributed by atoms with Crippen molar-refractivity contribution in [3.63, 3.8) is 0 Å². The molecule has 3 rings (SSSR count). The number of rotatable bonds is 10. The molecule has 1 heterocycles. The van der Waals surface area contributed by atoms with Gasteiger partial charge in [0.15, 0.2) is 11.5 Å². The summed E-state index contributed by atoms with van der Waals surface area (Å²) in [6, 6.07) is 13.8. The van der Waals surface area contributed by atoms with Crippen LogP contribution in [0.3, 0.4) is 0 Å². The number of ether oxygens (including phenoxy) is 2. The molecule has 0 atom stereocenters. The molecule has 1 aromatic heterocycles. The summed E-state index contributed by atoms with van der Waals surface area (Å²) in [5, 5.41) is 16.2. The molecule has 0 saturated carbocycles. The second kappa shape index (κ2) is 10.4. The molecule has 0 bridgehead atoms. The molecule has 3 aromatic rings. The zero-order valence-electron chi connectivity index (χ0n) is 15.8. The molecular weight excluding hydrogens is 442 g/mol. The lowest BCUT2D eigenvalue weighted by Crippen LogP contribution is -2.16. The molecule has 0 aliphatic rings. The van der Waals surface area contributed by atoms with Crippen molar-refractivity contribution in [3.8, 4) is 17.2 Å². The van der Waals surface area contributed by atoms with Crippen molar-refractivity contribution in [2.45, 2.75) is 18.1 Å². The van der Waals surface area contributed by atoms with Gasteiger partial charge in [0.25, 0.3) is 0 Å². The molecule has 0 radical (unpaired) electrons. The molecule has 0 aliphatic heterocycles. The summed E-state index contributed by atoms with van der Waals surface area (Å²) >= 11 is 5.24. The molecule has 0 unspecified atom stereocenters. The van der Waals surface area contributed by atoms with Crippen molar-refractivity contribution >= 4 is 27.7 Å². The number of nitrogens with one attached hydrogen (secondary N) is 1. The Bertz CT molecular complexity index is 891. The van der Waals surface area contributed by atoms with Crippen LogP contribution in [0.2, 0.25) is 0 Å². The lowest BCUT2D eigenvalue weighted by Gasteiger charge is -2.12. The maximum atomic E-state index is 5.37. The lowest BCUT2D eigenvalue weighted by atomic mass is 10.2. The van der Waals surface area contributed by atoms with E-state index in [1.807, 2.05) is 42.5 Å². The smallest absolute Gasteiger partial charge is 0.214 e. The van der Waals surface area contributed by atoms with Gasteiger partial charge in [0, 0.05) is 16.8 Å². The first-order valence-corrected chi connectivity index (χ1v) is 10.6. The fraction of sp³-hybridized carbons (Fsp3) is 0.316. The summed E-state index contributed by atoms with van der Waals surface area (Å²) in [6.07, 6.45) is 0.997. The van der Waals surface area contributed by atoms with Crippen molar-refractivity contribution in [2.75, 3.05) is 26.5 Å². The van der Waals surface area contributed by atoms with E-state index in [-0.39, 0.29) is 0 Å². The number of hydrogen-bond donors (Lipinski definition) is 1. The number of thioether (sulfide) groups is 1. The minimum atomic E-state index is 0.714. The zero-order valence-corrected chi connectivity index (χ0v) is 18.2. The molecule has 1 N–H and O–H groups in total. The van der Waals surface area contributed by atoms with Gasteiger partial charge in [-0.05, 0) is 53.2 Å². The normalized spacial score (nSPS) is 10.8. The monoisotopic (exact) mass is 463 g/mol. The van der Waals surface area contributed by atoms with E-state index in [2.05, 4.69) is 36.8 Å². The van der Waals surface area contributed by atoms with Crippen molar-refractivity contribution in [1.82, 2.24) is 25.5 Å². The molecule has 0 fully saturated rings. The Morgan fingerprint density at radius 2 is 1.86 bits per heavy atom. The molecule has 0 aliphatic carbocycles. The summed E-state index contributed by atoms with van der Waals surface area (Å²) < 4.78 is 13.4. The van der Waals surface area contributed by atoms with Crippen LogP contribution in [-0.4, -0.2) is 46.7 Å². The van der Waals surface area contributed by atoms with Gasteiger partial charge >= 0.3 is 0 Å². The highest BCUT2D eigenvalue weighted by Gasteiger charge is 2.10. The fourth-order valence-corrected chi connectivity index (χ4v) is 3.91. The predicted molar refractivity (Wildman–Crippen MR) is 113 cm³/mol. The van der Waals surface area contributed by atoms with Crippen LogP contribution in [0.15, 0.2) is 52.1 Å². The van der Waals surface area contributed by atoms with Crippen LogP contribution in [0.1, 0.15) is 12.0 Å². The third-order valence-electron chi connectivity index (χ3n) is 4.04. The van der Waals surface area contributed by atoms with Crippen LogP contribution in [0.5, 0.6) is 11.5 Å². The van der Waals surface area contributed by atoms with E-state index in [1.165, 1.54) is 0 Å². The van der Waals surface area contributed by atoms with Gasteiger partial charge in [-0.25, -0.2) is 0 Å². The SMILES string of the molecule is COc1cc(Br)c(CNCCCSc2nnnn2-c2ccccc2)cc1OC. The summed E-state index contributed by atoms with van der Waals surface area (Å²) in [5.41, 5.74) is 2.09. The molecule has 0 amide bonds. The predicted octanol–water partition coefficient (Wildman–Crippen LogP) is 3.71. The van der Waals surface area contributed by atoms with E-state index >= 15 is 0 Å². The zero-order chi connectivity index (χ0) is 19.8. The van der Waals surface area contributed by atoms with Crippen molar-refractivity contribution < 1.29 is 9.47 Å². The Hall–Kier alpha value is -2.10. The van der Waals surface area contributed by atoms with Gasteiger partial charge in [0.1, 0.15) is 0 Å². The van der Waals surface area contributed by atoms with Crippen LogP contribution in [0, 0.1) is 0 Å². The molecule has 2 aromatic carbocycles. The molecular formula is C19H22BrN5O2S. The van der Waals surface area contributed by atoms with Crippen LogP contribution in [0.25, 0.3) is 5.69 Å². The topological polar surface area (TPSA) is 74.1 Å². The average Bonchev–Trinajstić information content (AvgIpc) is 3.20. The first kappa shape index (κ1) is 20.6. The Morgan fingerprint density at radius 3 is 2.61 bits per heavy atom. The summed E-state index contributed by atoms with van der Waals surface area (Å²) in [5.74, 6) is 2.37. The molecule has 148 valence electrons. The Morgan fingerprint density at radius 1 is 1.11 bits per heavy atom. The number of hydrogen-bond acceptors (Lipinski definition) is 7. The van der Waals surface area contributed by atoms with Gasteiger partial charge in [0.05, 0.1) is 19.9 Å². The lowest BCUT2D eigenvalue weighted by molar-refractivity contribution is 0.354. The highest BCUT2D eigenvalue weighted by atomic mass is 79.9. The van der Waals surface area contributed by atoms with Crippen molar-refractivity contribution in [3.05, 3.63) is 52.5 Å². The van der Waals surface area contributed by atoms with Crippen LogP contribution < -0.4 is 14.8 Å². The van der Waals surface area contributed by atoms with Crippen LogP contribution in [0.4, 0.5) is 0 Å². The second-order valence-electron chi connectivity index (χ2n) is 5.89. The number of para-hydroxylation sites is 1. The van der Waals surface area contributed by atoms with Crippen molar-refractivity contribution in [1.29, 1.82) is 0 Å². The van der Waals surface area contributed by atoms with E-state index in [4.69, 9.17) is 9.47 Å². The summed E-state index contributed by atoms with van der Waals surface area (Å²) in [4.78, 5) is 0. The van der Waals surface area contributed by atoms with E-state index in [0.717, 1.165) is 51.9 Å². The van der Waals surface area contributed by atoms with Crippen LogP contribution in [-0.2, 0) is 6.54 Å². The summed E-state index contributed by atoms with van der Waals surface area (Å²) in [6.45, 7) is 1.63. The standard InChI is InChI=1S/C19H22BrN5O2S/c1-26-17-11-14(16(20)12-18(17)27-2)13-21-9-6-10-28-19-22-23-24-25(19)15-7-4-3-5-8-15/h3-5,7-8,11-12,21H,6,9-10,13H2,1-2H3. The van der Waals surface area contributed by atoms with Gasteiger partial charge in [-0.3, -0.25) is 0 Å². The largest absolute Gasteiger partial charge is 0.493 e. The second-order valence-corrected chi connectivity index (χ2v) is 7.80. The summed E-state index contributed by atoms with van der Waals surface area (Å²) in [7, 11) is 3.28. The molecule has 28 heavy (non-hydrogen) atoms. The minimum absolute atomic E-state index is 0.714. The third kappa shape index (κ3) is 5.24. The first-order chi connectivity index (χ1) is 13.7. The maximum absolute atomic E-state index is 5.37. The molecule has 9 heteroatoms. The number of aromatic nitrogens is 4. The van der Waals surface area contributed by atoms with E-state index in [1.54, 1.807) is 30.7 Å². The van der Waals surface area contributed by atoms with E-state index < -0.39 is 0 Å². The molecule has 0 saturated heterocycles. The minimum Gasteiger partial charge on any atom is -0.493 e. The molecule has 7 nitrogen and oxygen atoms in total. The maximum Gasteiger partial charge on any atom is 0.214 e. The first-order valence-electron chi connectivity index (χ1n) is 8.80. The average molecular weight is 464 g/mol. The highest BCUT2D eigenvalue weighted by molar-refractivity contribution is 9.10. The van der Waals surface area contributed by atoms with Crippen LogP contribution >= 0.6 is 27.7 Å². The van der Waals surface area contributed by atoms with Gasteiger partial charge in [-0.2, -0.15) is 4.68 Å². The van der Waals surface area contributed by atoms with Gasteiger partial charge in [-0.1, -0.05) is 45.9 Å². The Balaban J connectivity index is 1.45. The van der Waals surface area contributed by atoms with Gasteiger partial charge in [0.2, 0.25) is 5.16 Å². The van der Waals surface area contributed by atoms with Gasteiger partial charge in [-0.15, -0.1) is 5.10 Å². The molecule has 0 spiro atoms. The number of methoxy groups -OCH3 is 2. The van der Waals surface area contributed by atoms with E-state index in [9.17, 15) is 0 Å². The van der Waals surface area contributed by atoms with Gasteiger partial charge < -0.3 is 14.8 Å². The number of tetrazole rings is 1. The Kier molecular flexibility index (Phi) is 7.70. The number of nitrogens with zero attached hydrogens (tertiary/aromatic N) is 4. The van der Waals surface area contributed by atoms with Crippen molar-refractivity contribution in [2.24, 2.45) is 0 Å². The number of benzene rings is 2. The quantitative estimate of drug-likeness (QED) is 0.362.